The predicted molar refractivity (Wildman–Crippen MR) is 98.0 cm³/mol. The van der Waals surface area contributed by atoms with Gasteiger partial charge in [-0.15, -0.1) is 0 Å². The molecule has 0 aliphatic carbocycles. The molecule has 0 unspecified atom stereocenters. The summed E-state index contributed by atoms with van der Waals surface area (Å²) in [5.41, 5.74) is 5.14. The van der Waals surface area contributed by atoms with E-state index in [1.165, 1.54) is 0 Å². The van der Waals surface area contributed by atoms with E-state index in [-0.39, 0.29) is 0 Å². The Morgan fingerprint density at radius 1 is 0.708 bits per heavy atom. The summed E-state index contributed by atoms with van der Waals surface area (Å²) in [4.78, 5) is 23.0. The summed E-state index contributed by atoms with van der Waals surface area (Å²) in [6.07, 6.45) is 3.58. The Balaban J connectivity index is 2.22. The van der Waals surface area contributed by atoms with Gasteiger partial charge in [-0.25, -0.2) is 9.98 Å². The van der Waals surface area contributed by atoms with Crippen LogP contribution in [0.2, 0.25) is 0 Å². The number of fused-ring (bicyclic) bond motifs is 2. The molecule has 3 rings (SSSR count). The van der Waals surface area contributed by atoms with Crippen LogP contribution in [-0.4, -0.2) is 72.5 Å². The largest absolute Gasteiger partial charge is 0.303 e. The standard InChI is InChI=1S/C18H22N6/c1-23(2)11-15-17-13(7-5-9-19-17)22-16(12-24(3)4)18-14(21-15)8-6-10-20-18/h5-10H,11-12H2,1-4H3. The molecule has 0 saturated carbocycles. The van der Waals surface area contributed by atoms with Gasteiger partial charge < -0.3 is 9.80 Å². The fourth-order valence-electron chi connectivity index (χ4n) is 2.64. The van der Waals surface area contributed by atoms with Crippen molar-refractivity contribution in [3.05, 3.63) is 48.0 Å². The highest BCUT2D eigenvalue weighted by Gasteiger charge is 2.20. The number of nitrogens with zero attached hydrogens (tertiary/aromatic N) is 6. The predicted octanol–water partition coefficient (Wildman–Crippen LogP) is 2.15. The van der Waals surface area contributed by atoms with E-state index in [4.69, 9.17) is 9.98 Å². The lowest BCUT2D eigenvalue weighted by Crippen LogP contribution is -2.26. The zero-order valence-electron chi connectivity index (χ0n) is 14.6. The fourth-order valence-corrected chi connectivity index (χ4v) is 2.64. The molecule has 0 atom stereocenters. The molecule has 0 bridgehead atoms. The molecule has 0 saturated heterocycles. The molecular formula is C18H22N6. The van der Waals surface area contributed by atoms with Crippen molar-refractivity contribution >= 4 is 22.8 Å². The van der Waals surface area contributed by atoms with Crippen LogP contribution in [0.25, 0.3) is 0 Å². The van der Waals surface area contributed by atoms with Crippen LogP contribution in [0.5, 0.6) is 0 Å². The van der Waals surface area contributed by atoms with Crippen LogP contribution in [0.15, 0.2) is 46.6 Å². The topological polar surface area (TPSA) is 57.0 Å². The average Bonchev–Trinajstić information content (AvgIpc) is 2.52. The summed E-state index contributed by atoms with van der Waals surface area (Å²) in [6.45, 7) is 1.38. The van der Waals surface area contributed by atoms with Crippen LogP contribution < -0.4 is 0 Å². The molecule has 0 aromatic carbocycles. The highest BCUT2D eigenvalue weighted by Crippen LogP contribution is 2.27. The van der Waals surface area contributed by atoms with Gasteiger partial charge in [0.2, 0.25) is 0 Å². The number of likely N-dealkylation sites (N-methyl/N-ethyl adjacent to an activating group) is 2. The zero-order chi connectivity index (χ0) is 17.1. The minimum atomic E-state index is 0.691. The minimum Gasteiger partial charge on any atom is -0.303 e. The molecule has 0 fully saturated rings. The van der Waals surface area contributed by atoms with Crippen LogP contribution in [0.3, 0.4) is 0 Å². The first-order chi connectivity index (χ1) is 11.5. The SMILES string of the molecule is CN(C)CC1=Nc2cccnc2C(CN(C)C)=Nc2cccnc21. The maximum atomic E-state index is 4.89. The summed E-state index contributed by atoms with van der Waals surface area (Å²) in [7, 11) is 8.09. The zero-order valence-corrected chi connectivity index (χ0v) is 14.6. The number of aromatic nitrogens is 2. The second kappa shape index (κ2) is 6.98. The molecule has 2 aromatic rings. The van der Waals surface area contributed by atoms with Gasteiger partial charge in [0, 0.05) is 25.5 Å². The second-order valence-electron chi connectivity index (χ2n) is 6.33. The van der Waals surface area contributed by atoms with Gasteiger partial charge >= 0.3 is 0 Å². The first-order valence-electron chi connectivity index (χ1n) is 7.90. The van der Waals surface area contributed by atoms with Gasteiger partial charge in [0.1, 0.15) is 11.4 Å². The maximum Gasteiger partial charge on any atom is 0.111 e. The van der Waals surface area contributed by atoms with Gasteiger partial charge in [0.05, 0.1) is 22.8 Å². The number of pyridine rings is 2. The van der Waals surface area contributed by atoms with Crippen LogP contribution >= 0.6 is 0 Å². The third-order valence-corrected chi connectivity index (χ3v) is 3.56. The van der Waals surface area contributed by atoms with E-state index in [0.29, 0.717) is 13.1 Å². The van der Waals surface area contributed by atoms with Gasteiger partial charge in [-0.2, -0.15) is 0 Å². The molecule has 3 heterocycles. The smallest absolute Gasteiger partial charge is 0.111 e. The molecular weight excluding hydrogens is 300 g/mol. The highest BCUT2D eigenvalue weighted by molar-refractivity contribution is 6.12. The van der Waals surface area contributed by atoms with Crippen LogP contribution in [0.4, 0.5) is 11.4 Å². The van der Waals surface area contributed by atoms with Crippen molar-refractivity contribution in [2.45, 2.75) is 0 Å². The number of hydrogen-bond acceptors (Lipinski definition) is 6. The van der Waals surface area contributed by atoms with Crippen LogP contribution in [-0.2, 0) is 0 Å². The average molecular weight is 322 g/mol. The van der Waals surface area contributed by atoms with E-state index < -0.39 is 0 Å². The van der Waals surface area contributed by atoms with Gasteiger partial charge in [0.25, 0.3) is 0 Å². The van der Waals surface area contributed by atoms with Gasteiger partial charge in [-0.1, -0.05) is 0 Å². The van der Waals surface area contributed by atoms with Crippen molar-refractivity contribution in [3.63, 3.8) is 0 Å². The Morgan fingerprint density at radius 3 is 1.50 bits per heavy atom. The van der Waals surface area contributed by atoms with Crippen molar-refractivity contribution in [3.8, 4) is 0 Å². The molecule has 0 spiro atoms. The molecule has 6 heteroatoms. The monoisotopic (exact) mass is 322 g/mol. The summed E-state index contributed by atoms with van der Waals surface area (Å²) < 4.78 is 0. The summed E-state index contributed by atoms with van der Waals surface area (Å²) in [6, 6.07) is 7.78. The van der Waals surface area contributed by atoms with E-state index in [1.807, 2.05) is 52.5 Å². The van der Waals surface area contributed by atoms with E-state index >= 15 is 0 Å². The molecule has 6 nitrogen and oxygen atoms in total. The highest BCUT2D eigenvalue weighted by atomic mass is 15.1. The Kier molecular flexibility index (Phi) is 4.78. The normalized spacial score (nSPS) is 13.8. The van der Waals surface area contributed by atoms with Crippen molar-refractivity contribution < 1.29 is 0 Å². The third kappa shape index (κ3) is 3.55. The van der Waals surface area contributed by atoms with Crippen molar-refractivity contribution in [2.24, 2.45) is 9.98 Å². The maximum absolute atomic E-state index is 4.89. The van der Waals surface area contributed by atoms with E-state index in [9.17, 15) is 0 Å². The lowest BCUT2D eigenvalue weighted by Gasteiger charge is -2.19. The molecule has 124 valence electrons. The fraction of sp³-hybridized carbons (Fsp3) is 0.333. The van der Waals surface area contributed by atoms with Crippen molar-refractivity contribution in [1.29, 1.82) is 0 Å². The van der Waals surface area contributed by atoms with Gasteiger partial charge in [0.15, 0.2) is 0 Å². The minimum absolute atomic E-state index is 0.691. The van der Waals surface area contributed by atoms with Crippen LogP contribution in [0.1, 0.15) is 11.4 Å². The first-order valence-corrected chi connectivity index (χ1v) is 7.90. The quantitative estimate of drug-likeness (QED) is 0.865. The Labute approximate surface area is 142 Å². The van der Waals surface area contributed by atoms with Gasteiger partial charge in [-0.3, -0.25) is 9.97 Å². The van der Waals surface area contributed by atoms with Crippen LogP contribution in [0, 0.1) is 0 Å². The van der Waals surface area contributed by atoms with Crippen molar-refractivity contribution in [2.75, 3.05) is 41.3 Å². The summed E-state index contributed by atoms with van der Waals surface area (Å²) in [5.74, 6) is 0. The molecule has 0 amide bonds. The van der Waals surface area contributed by atoms with Crippen molar-refractivity contribution in [1.82, 2.24) is 19.8 Å². The molecule has 0 N–H and O–H groups in total. The first kappa shape index (κ1) is 16.4. The Hall–Kier alpha value is -2.44. The summed E-state index contributed by atoms with van der Waals surface area (Å²) in [5, 5.41) is 0. The number of rotatable bonds is 4. The lowest BCUT2D eigenvalue weighted by atomic mass is 10.1. The molecule has 24 heavy (non-hydrogen) atoms. The molecule has 1 aliphatic rings. The Morgan fingerprint density at radius 2 is 1.12 bits per heavy atom. The summed E-state index contributed by atoms with van der Waals surface area (Å²) >= 11 is 0. The molecule has 0 radical (unpaired) electrons. The number of aliphatic imine (C=N–C) groups is 2. The van der Waals surface area contributed by atoms with E-state index in [1.54, 1.807) is 12.4 Å². The Bertz CT molecular complexity index is 724. The van der Waals surface area contributed by atoms with E-state index in [0.717, 1.165) is 34.2 Å². The third-order valence-electron chi connectivity index (χ3n) is 3.56. The second-order valence-corrected chi connectivity index (χ2v) is 6.33. The molecule has 2 aromatic heterocycles. The van der Waals surface area contributed by atoms with Gasteiger partial charge in [-0.05, 0) is 52.5 Å². The molecule has 1 aliphatic heterocycles. The number of hydrogen-bond donors (Lipinski definition) is 0. The van der Waals surface area contributed by atoms with E-state index in [2.05, 4.69) is 19.8 Å². The lowest BCUT2D eigenvalue weighted by molar-refractivity contribution is 0.469.